The summed E-state index contributed by atoms with van der Waals surface area (Å²) >= 11 is 0. The lowest BCUT2D eigenvalue weighted by atomic mass is 10.00. The van der Waals surface area contributed by atoms with E-state index in [0.29, 0.717) is 11.7 Å². The molecule has 0 amide bonds. The number of benzene rings is 1. The van der Waals surface area contributed by atoms with Gasteiger partial charge >= 0.3 is 6.55 Å². The quantitative estimate of drug-likeness (QED) is 0.834. The Morgan fingerprint density at radius 2 is 1.91 bits per heavy atom. The third kappa shape index (κ3) is 2.90. The van der Waals surface area contributed by atoms with Crippen LogP contribution in [0.25, 0.3) is 11.1 Å². The molecule has 0 aliphatic carbocycles. The molecule has 1 aromatic heterocycles. The molecule has 5 heteroatoms. The van der Waals surface area contributed by atoms with Crippen molar-refractivity contribution >= 4 is 0 Å². The first-order chi connectivity index (χ1) is 10.6. The summed E-state index contributed by atoms with van der Waals surface area (Å²) in [4.78, 5) is 2.47. The number of hydrogen-bond acceptors (Lipinski definition) is 2. The SMILES string of the molecule is Cc1nn(C(F)F)cc1-c1cccc([C@H](C)N2CCCC2)c1. The van der Waals surface area contributed by atoms with Crippen LogP contribution in [-0.4, -0.2) is 27.8 Å². The van der Waals surface area contributed by atoms with E-state index in [1.54, 1.807) is 6.92 Å². The molecule has 0 radical (unpaired) electrons. The van der Waals surface area contributed by atoms with Crippen molar-refractivity contribution in [1.29, 1.82) is 0 Å². The first-order valence-corrected chi connectivity index (χ1v) is 7.74. The van der Waals surface area contributed by atoms with Gasteiger partial charge in [0, 0.05) is 17.8 Å². The number of aromatic nitrogens is 2. The molecule has 0 spiro atoms. The summed E-state index contributed by atoms with van der Waals surface area (Å²) in [6, 6.07) is 8.52. The molecule has 1 aliphatic heterocycles. The third-order valence-electron chi connectivity index (χ3n) is 4.49. The monoisotopic (exact) mass is 305 g/mol. The molecule has 0 N–H and O–H groups in total. The highest BCUT2D eigenvalue weighted by molar-refractivity contribution is 5.66. The fraction of sp³-hybridized carbons (Fsp3) is 0.471. The van der Waals surface area contributed by atoms with Gasteiger partial charge in [-0.25, -0.2) is 4.68 Å². The van der Waals surface area contributed by atoms with Gasteiger partial charge in [-0.2, -0.15) is 13.9 Å². The van der Waals surface area contributed by atoms with E-state index in [0.717, 1.165) is 28.9 Å². The summed E-state index contributed by atoms with van der Waals surface area (Å²) in [5.41, 5.74) is 3.58. The molecule has 1 atom stereocenters. The Morgan fingerprint density at radius 1 is 1.18 bits per heavy atom. The van der Waals surface area contributed by atoms with Gasteiger partial charge in [0.05, 0.1) is 5.69 Å². The minimum absolute atomic E-state index is 0.355. The second-order valence-corrected chi connectivity index (χ2v) is 5.93. The number of hydrogen-bond donors (Lipinski definition) is 0. The van der Waals surface area contributed by atoms with E-state index in [9.17, 15) is 8.78 Å². The molecular weight excluding hydrogens is 284 g/mol. The lowest BCUT2D eigenvalue weighted by Gasteiger charge is -2.24. The zero-order chi connectivity index (χ0) is 15.7. The van der Waals surface area contributed by atoms with Crippen LogP contribution in [0.2, 0.25) is 0 Å². The van der Waals surface area contributed by atoms with Gasteiger partial charge in [-0.3, -0.25) is 4.90 Å². The van der Waals surface area contributed by atoms with Crippen LogP contribution in [0.3, 0.4) is 0 Å². The van der Waals surface area contributed by atoms with Crippen LogP contribution >= 0.6 is 0 Å². The Bertz CT molecular complexity index is 645. The second-order valence-electron chi connectivity index (χ2n) is 5.93. The first kappa shape index (κ1) is 15.2. The third-order valence-corrected chi connectivity index (χ3v) is 4.49. The largest absolute Gasteiger partial charge is 0.333 e. The van der Waals surface area contributed by atoms with Crippen molar-refractivity contribution in [3.63, 3.8) is 0 Å². The Hall–Kier alpha value is -1.75. The highest BCUT2D eigenvalue weighted by Gasteiger charge is 2.20. The predicted octanol–water partition coefficient (Wildman–Crippen LogP) is 4.41. The number of nitrogens with zero attached hydrogens (tertiary/aromatic N) is 3. The average Bonchev–Trinajstić information content (AvgIpc) is 3.16. The van der Waals surface area contributed by atoms with E-state index in [1.807, 2.05) is 12.1 Å². The average molecular weight is 305 g/mol. The maximum Gasteiger partial charge on any atom is 0.333 e. The summed E-state index contributed by atoms with van der Waals surface area (Å²) in [7, 11) is 0. The number of aryl methyl sites for hydroxylation is 1. The molecule has 2 heterocycles. The van der Waals surface area contributed by atoms with Crippen LogP contribution in [-0.2, 0) is 0 Å². The topological polar surface area (TPSA) is 21.1 Å². The van der Waals surface area contributed by atoms with Crippen LogP contribution in [0.5, 0.6) is 0 Å². The molecule has 118 valence electrons. The lowest BCUT2D eigenvalue weighted by molar-refractivity contribution is 0.0563. The highest BCUT2D eigenvalue weighted by Crippen LogP contribution is 2.30. The molecule has 1 aromatic carbocycles. The fourth-order valence-electron chi connectivity index (χ4n) is 3.17. The normalized spacial score (nSPS) is 17.3. The van der Waals surface area contributed by atoms with Crippen LogP contribution in [0.1, 0.15) is 43.6 Å². The first-order valence-electron chi connectivity index (χ1n) is 7.74. The van der Waals surface area contributed by atoms with Crippen LogP contribution < -0.4 is 0 Å². The van der Waals surface area contributed by atoms with Crippen molar-refractivity contribution in [3.05, 3.63) is 41.7 Å². The minimum atomic E-state index is -2.60. The van der Waals surface area contributed by atoms with Gasteiger partial charge in [0.1, 0.15) is 0 Å². The molecule has 0 bridgehead atoms. The summed E-state index contributed by atoms with van der Waals surface area (Å²) in [5.74, 6) is 0. The van der Waals surface area contributed by atoms with Gasteiger partial charge < -0.3 is 0 Å². The van der Waals surface area contributed by atoms with Gasteiger partial charge in [-0.15, -0.1) is 0 Å². The van der Waals surface area contributed by atoms with Crippen molar-refractivity contribution in [3.8, 4) is 11.1 Å². The summed E-state index contributed by atoms with van der Waals surface area (Å²) in [6.45, 7) is 3.64. The van der Waals surface area contributed by atoms with Crippen molar-refractivity contribution in [2.75, 3.05) is 13.1 Å². The molecule has 0 saturated carbocycles. The molecule has 3 nitrogen and oxygen atoms in total. The zero-order valence-electron chi connectivity index (χ0n) is 13.0. The molecular formula is C17H21F2N3. The molecule has 3 rings (SSSR count). The van der Waals surface area contributed by atoms with E-state index in [-0.39, 0.29) is 0 Å². The minimum Gasteiger partial charge on any atom is -0.297 e. The zero-order valence-corrected chi connectivity index (χ0v) is 13.0. The Balaban J connectivity index is 1.90. The smallest absolute Gasteiger partial charge is 0.297 e. The Labute approximate surface area is 129 Å². The van der Waals surface area contributed by atoms with E-state index in [2.05, 4.69) is 29.1 Å². The molecule has 1 aliphatic rings. The second kappa shape index (κ2) is 6.16. The lowest BCUT2D eigenvalue weighted by Crippen LogP contribution is -2.23. The van der Waals surface area contributed by atoms with E-state index >= 15 is 0 Å². The Kier molecular flexibility index (Phi) is 4.25. The maximum absolute atomic E-state index is 12.8. The molecule has 1 saturated heterocycles. The van der Waals surface area contributed by atoms with E-state index in [4.69, 9.17) is 0 Å². The number of likely N-dealkylation sites (tertiary alicyclic amines) is 1. The van der Waals surface area contributed by atoms with Gasteiger partial charge in [0.25, 0.3) is 0 Å². The van der Waals surface area contributed by atoms with Gasteiger partial charge in [0.15, 0.2) is 0 Å². The summed E-state index contributed by atoms with van der Waals surface area (Å²) in [5, 5.41) is 3.89. The van der Waals surface area contributed by atoms with Crippen molar-refractivity contribution in [1.82, 2.24) is 14.7 Å². The number of halogens is 2. The Morgan fingerprint density at radius 3 is 2.55 bits per heavy atom. The maximum atomic E-state index is 12.8. The van der Waals surface area contributed by atoms with E-state index in [1.165, 1.54) is 24.6 Å². The highest BCUT2D eigenvalue weighted by atomic mass is 19.3. The molecule has 0 unspecified atom stereocenters. The molecule has 2 aromatic rings. The summed E-state index contributed by atoms with van der Waals surface area (Å²) in [6.07, 6.45) is 3.94. The fourth-order valence-corrected chi connectivity index (χ4v) is 3.17. The van der Waals surface area contributed by atoms with Crippen molar-refractivity contribution in [2.24, 2.45) is 0 Å². The number of alkyl halides is 2. The standard InChI is InChI=1S/C17H21F2N3/c1-12-16(11-22(20-12)17(18)19)15-7-5-6-14(10-15)13(2)21-8-3-4-9-21/h5-7,10-11,13,17H,3-4,8-9H2,1-2H3/t13-/m0/s1. The van der Waals surface area contributed by atoms with E-state index < -0.39 is 6.55 Å². The van der Waals surface area contributed by atoms with Crippen LogP contribution in [0.4, 0.5) is 8.78 Å². The predicted molar refractivity (Wildman–Crippen MR) is 82.9 cm³/mol. The van der Waals surface area contributed by atoms with Crippen LogP contribution in [0, 0.1) is 6.92 Å². The van der Waals surface area contributed by atoms with Gasteiger partial charge in [-0.05, 0) is 57.0 Å². The van der Waals surface area contributed by atoms with Gasteiger partial charge in [0.2, 0.25) is 0 Å². The number of rotatable bonds is 4. The van der Waals surface area contributed by atoms with Crippen molar-refractivity contribution < 1.29 is 8.78 Å². The van der Waals surface area contributed by atoms with Gasteiger partial charge in [-0.1, -0.05) is 18.2 Å². The molecule has 22 heavy (non-hydrogen) atoms. The summed E-state index contributed by atoms with van der Waals surface area (Å²) < 4.78 is 26.3. The van der Waals surface area contributed by atoms with Crippen LogP contribution in [0.15, 0.2) is 30.5 Å². The van der Waals surface area contributed by atoms with Crippen molar-refractivity contribution in [2.45, 2.75) is 39.3 Å². The molecule has 1 fully saturated rings.